The molecule has 17 heavy (non-hydrogen) atoms. The van der Waals surface area contributed by atoms with Crippen LogP contribution in [0.3, 0.4) is 0 Å². The van der Waals surface area contributed by atoms with Gasteiger partial charge in [-0.1, -0.05) is 0 Å². The first-order valence-electron chi connectivity index (χ1n) is 5.58. The average molecular weight is 303 g/mol. The zero-order valence-corrected chi connectivity index (χ0v) is 11.0. The van der Waals surface area contributed by atoms with E-state index >= 15 is 0 Å². The van der Waals surface area contributed by atoms with Crippen LogP contribution < -0.4 is 5.32 Å². The van der Waals surface area contributed by atoms with Gasteiger partial charge in [0.15, 0.2) is 4.67 Å². The van der Waals surface area contributed by atoms with E-state index in [9.17, 15) is 4.79 Å². The highest BCUT2D eigenvalue weighted by Crippen LogP contribution is 2.16. The first-order valence-corrected chi connectivity index (χ1v) is 6.38. The van der Waals surface area contributed by atoms with Crippen molar-refractivity contribution in [2.45, 2.75) is 0 Å². The van der Waals surface area contributed by atoms with Crippen molar-refractivity contribution in [3.8, 4) is 0 Å². The van der Waals surface area contributed by atoms with E-state index in [1.165, 1.54) is 6.26 Å². The maximum Gasteiger partial charge on any atom is 0.255 e. The van der Waals surface area contributed by atoms with Crippen molar-refractivity contribution in [1.29, 1.82) is 0 Å². The first kappa shape index (κ1) is 12.6. The van der Waals surface area contributed by atoms with Crippen LogP contribution in [0.25, 0.3) is 0 Å². The second kappa shape index (κ2) is 6.18. The Kier molecular flexibility index (Phi) is 4.58. The van der Waals surface area contributed by atoms with E-state index < -0.39 is 0 Å². The Bertz CT molecular complexity index is 375. The summed E-state index contributed by atoms with van der Waals surface area (Å²) in [6.07, 6.45) is 1.49. The summed E-state index contributed by atoms with van der Waals surface area (Å²) in [6.45, 7) is 4.92. The number of carbonyl (C=O) groups is 1. The number of halogens is 1. The smallest absolute Gasteiger partial charge is 0.255 e. The van der Waals surface area contributed by atoms with Gasteiger partial charge < -0.3 is 14.5 Å². The van der Waals surface area contributed by atoms with Gasteiger partial charge in [-0.15, -0.1) is 0 Å². The molecule has 2 heterocycles. The van der Waals surface area contributed by atoms with E-state index in [2.05, 4.69) is 26.1 Å². The Balaban J connectivity index is 1.71. The minimum Gasteiger partial charge on any atom is -0.457 e. The third-order valence-corrected chi connectivity index (χ3v) is 3.29. The van der Waals surface area contributed by atoms with Crippen LogP contribution in [0.4, 0.5) is 0 Å². The van der Waals surface area contributed by atoms with Crippen molar-refractivity contribution in [2.24, 2.45) is 0 Å². The summed E-state index contributed by atoms with van der Waals surface area (Å²) < 4.78 is 10.7. The third-order valence-electron chi connectivity index (χ3n) is 2.68. The fourth-order valence-electron chi connectivity index (χ4n) is 1.70. The SMILES string of the molecule is O=C(NCCN1CCOCC1)c1ccoc1Br. The summed E-state index contributed by atoms with van der Waals surface area (Å²) in [4.78, 5) is 14.0. The number of ether oxygens (including phenoxy) is 1. The molecule has 6 heteroatoms. The maximum absolute atomic E-state index is 11.7. The van der Waals surface area contributed by atoms with Gasteiger partial charge in [-0.25, -0.2) is 0 Å². The number of hydrogen-bond acceptors (Lipinski definition) is 4. The minimum absolute atomic E-state index is 0.112. The lowest BCUT2D eigenvalue weighted by molar-refractivity contribution is 0.0383. The number of amides is 1. The Morgan fingerprint density at radius 2 is 2.24 bits per heavy atom. The Labute approximate surface area is 108 Å². The average Bonchev–Trinajstić information content (AvgIpc) is 2.77. The normalized spacial score (nSPS) is 17.0. The lowest BCUT2D eigenvalue weighted by atomic mass is 10.3. The topological polar surface area (TPSA) is 54.7 Å². The molecule has 0 atom stereocenters. The molecule has 0 spiro atoms. The molecule has 0 unspecified atom stereocenters. The van der Waals surface area contributed by atoms with Gasteiger partial charge in [-0.3, -0.25) is 9.69 Å². The lowest BCUT2D eigenvalue weighted by Crippen LogP contribution is -2.41. The van der Waals surface area contributed by atoms with Gasteiger partial charge in [0.1, 0.15) is 0 Å². The quantitative estimate of drug-likeness (QED) is 0.905. The van der Waals surface area contributed by atoms with Crippen LogP contribution in [0.15, 0.2) is 21.4 Å². The van der Waals surface area contributed by atoms with Crippen molar-refractivity contribution in [2.75, 3.05) is 39.4 Å². The molecule has 2 rings (SSSR count). The number of nitrogens with zero attached hydrogens (tertiary/aromatic N) is 1. The molecule has 0 aliphatic carbocycles. The van der Waals surface area contributed by atoms with Gasteiger partial charge in [0, 0.05) is 26.2 Å². The molecule has 1 fully saturated rings. The molecular formula is C11H15BrN2O3. The predicted octanol–water partition coefficient (Wildman–Crippen LogP) is 1.10. The Hall–Kier alpha value is -0.850. The summed E-state index contributed by atoms with van der Waals surface area (Å²) in [5.74, 6) is -0.112. The molecule has 0 radical (unpaired) electrons. The highest BCUT2D eigenvalue weighted by molar-refractivity contribution is 9.10. The zero-order valence-electron chi connectivity index (χ0n) is 9.45. The summed E-state index contributed by atoms with van der Waals surface area (Å²) >= 11 is 3.18. The molecule has 1 aromatic rings. The highest BCUT2D eigenvalue weighted by atomic mass is 79.9. The third kappa shape index (κ3) is 3.55. The van der Waals surface area contributed by atoms with Crippen molar-refractivity contribution in [3.05, 3.63) is 22.6 Å². The van der Waals surface area contributed by atoms with Crippen molar-refractivity contribution in [3.63, 3.8) is 0 Å². The van der Waals surface area contributed by atoms with Crippen molar-refractivity contribution in [1.82, 2.24) is 10.2 Å². The molecule has 1 aromatic heterocycles. The van der Waals surface area contributed by atoms with Gasteiger partial charge in [0.2, 0.25) is 0 Å². The standard InChI is InChI=1S/C11H15BrN2O3/c12-10-9(1-6-17-10)11(15)13-2-3-14-4-7-16-8-5-14/h1,6H,2-5,7-8H2,(H,13,15). The largest absolute Gasteiger partial charge is 0.457 e. The van der Waals surface area contributed by atoms with E-state index in [0.29, 0.717) is 16.8 Å². The van der Waals surface area contributed by atoms with Crippen LogP contribution in [0.2, 0.25) is 0 Å². The molecule has 5 nitrogen and oxygen atoms in total. The first-order chi connectivity index (χ1) is 8.27. The molecule has 1 amide bonds. The fourth-order valence-corrected chi connectivity index (χ4v) is 2.12. The number of furan rings is 1. The highest BCUT2D eigenvalue weighted by Gasteiger charge is 2.13. The molecule has 1 saturated heterocycles. The molecule has 0 aromatic carbocycles. The van der Waals surface area contributed by atoms with Gasteiger partial charge in [-0.05, 0) is 22.0 Å². The molecule has 1 aliphatic rings. The fraction of sp³-hybridized carbons (Fsp3) is 0.545. The van der Waals surface area contributed by atoms with E-state index in [1.54, 1.807) is 6.07 Å². The predicted molar refractivity (Wildman–Crippen MR) is 66.0 cm³/mol. The monoisotopic (exact) mass is 302 g/mol. The minimum atomic E-state index is -0.112. The van der Waals surface area contributed by atoms with Crippen molar-refractivity contribution >= 4 is 21.8 Å². The van der Waals surface area contributed by atoms with Crippen LogP contribution in [0.1, 0.15) is 10.4 Å². The second-order valence-electron chi connectivity index (χ2n) is 3.82. The number of rotatable bonds is 4. The molecule has 0 bridgehead atoms. The molecule has 0 saturated carbocycles. The van der Waals surface area contributed by atoms with Crippen LogP contribution in [0, 0.1) is 0 Å². The van der Waals surface area contributed by atoms with Crippen LogP contribution in [0.5, 0.6) is 0 Å². The number of nitrogens with one attached hydrogen (secondary N) is 1. The Morgan fingerprint density at radius 1 is 1.47 bits per heavy atom. The van der Waals surface area contributed by atoms with Crippen LogP contribution >= 0.6 is 15.9 Å². The molecule has 1 aliphatic heterocycles. The summed E-state index contributed by atoms with van der Waals surface area (Å²) in [5.41, 5.74) is 0.534. The van der Waals surface area contributed by atoms with Crippen LogP contribution in [-0.4, -0.2) is 50.2 Å². The lowest BCUT2D eigenvalue weighted by Gasteiger charge is -2.26. The van der Waals surface area contributed by atoms with Gasteiger partial charge in [0.05, 0.1) is 25.0 Å². The van der Waals surface area contributed by atoms with Gasteiger partial charge >= 0.3 is 0 Å². The Morgan fingerprint density at radius 3 is 2.88 bits per heavy atom. The van der Waals surface area contributed by atoms with Gasteiger partial charge in [0.25, 0.3) is 5.91 Å². The van der Waals surface area contributed by atoms with E-state index in [4.69, 9.17) is 9.15 Å². The zero-order chi connectivity index (χ0) is 12.1. The van der Waals surface area contributed by atoms with E-state index in [-0.39, 0.29) is 5.91 Å². The van der Waals surface area contributed by atoms with E-state index in [1.807, 2.05) is 0 Å². The molecule has 94 valence electrons. The van der Waals surface area contributed by atoms with Crippen molar-refractivity contribution < 1.29 is 13.9 Å². The summed E-state index contributed by atoms with van der Waals surface area (Å²) in [6, 6.07) is 1.65. The second-order valence-corrected chi connectivity index (χ2v) is 4.54. The number of morpholine rings is 1. The van der Waals surface area contributed by atoms with E-state index in [0.717, 1.165) is 32.8 Å². The van der Waals surface area contributed by atoms with Crippen LogP contribution in [-0.2, 0) is 4.74 Å². The van der Waals surface area contributed by atoms with Gasteiger partial charge in [-0.2, -0.15) is 0 Å². The number of hydrogen-bond donors (Lipinski definition) is 1. The summed E-state index contributed by atoms with van der Waals surface area (Å²) in [7, 11) is 0. The molecule has 1 N–H and O–H groups in total. The molecular weight excluding hydrogens is 288 g/mol. The maximum atomic E-state index is 11.7. The number of carbonyl (C=O) groups excluding carboxylic acids is 1. The summed E-state index contributed by atoms with van der Waals surface area (Å²) in [5, 5.41) is 2.86.